The summed E-state index contributed by atoms with van der Waals surface area (Å²) in [5.41, 5.74) is -1.22. The molecule has 0 fully saturated rings. The van der Waals surface area contributed by atoms with Gasteiger partial charge in [0.05, 0.1) is 0 Å². The molecule has 0 bridgehead atoms. The Bertz CT molecular complexity index is 1940. The number of rotatable bonds is 6. The molecule has 0 spiro atoms. The molecule has 10 heteroatoms. The van der Waals surface area contributed by atoms with E-state index in [1.165, 1.54) is 18.2 Å². The summed E-state index contributed by atoms with van der Waals surface area (Å²) in [6.07, 6.45) is 0. The molecular formula is C32H20F3N3O3S. The van der Waals surface area contributed by atoms with Crippen LogP contribution in [0.2, 0.25) is 0 Å². The van der Waals surface area contributed by atoms with Crippen LogP contribution in [-0.2, 0) is 10.1 Å². The Kier molecular flexibility index (Phi) is 6.91. The van der Waals surface area contributed by atoms with Crippen LogP contribution < -0.4 is 4.18 Å². The van der Waals surface area contributed by atoms with Crippen molar-refractivity contribution in [1.82, 2.24) is 15.0 Å². The fourth-order valence-corrected chi connectivity index (χ4v) is 4.83. The first kappa shape index (κ1) is 27.1. The third kappa shape index (κ3) is 5.57. The first-order chi connectivity index (χ1) is 20.2. The predicted octanol–water partition coefficient (Wildman–Crippen LogP) is 7.92. The van der Waals surface area contributed by atoms with Crippen molar-refractivity contribution in [3.05, 3.63) is 121 Å². The van der Waals surface area contributed by atoms with Crippen LogP contribution in [0.15, 0.2) is 121 Å². The van der Waals surface area contributed by atoms with Gasteiger partial charge in [0.2, 0.25) is 0 Å². The van der Waals surface area contributed by atoms with Crippen LogP contribution in [-0.4, -0.2) is 28.9 Å². The van der Waals surface area contributed by atoms with Crippen LogP contribution in [0.25, 0.3) is 56.1 Å². The third-order valence-corrected chi connectivity index (χ3v) is 7.46. The Hall–Kier alpha value is -5.09. The highest BCUT2D eigenvalue weighted by Crippen LogP contribution is 2.32. The van der Waals surface area contributed by atoms with Gasteiger partial charge in [-0.15, -0.1) is 0 Å². The molecule has 0 radical (unpaired) electrons. The lowest BCUT2D eigenvalue weighted by Gasteiger charge is -2.11. The first-order valence-corrected chi connectivity index (χ1v) is 14.1. The normalized spacial score (nSPS) is 11.9. The van der Waals surface area contributed by atoms with Gasteiger partial charge in [-0.05, 0) is 40.1 Å². The molecule has 1 aromatic heterocycles. The van der Waals surface area contributed by atoms with Crippen molar-refractivity contribution in [1.29, 1.82) is 0 Å². The molecule has 0 saturated heterocycles. The second-order valence-corrected chi connectivity index (χ2v) is 10.9. The molecule has 0 aliphatic heterocycles. The summed E-state index contributed by atoms with van der Waals surface area (Å²) in [5, 5.41) is 1.23. The summed E-state index contributed by atoms with van der Waals surface area (Å²) >= 11 is 0. The van der Waals surface area contributed by atoms with Gasteiger partial charge in [-0.3, -0.25) is 0 Å². The van der Waals surface area contributed by atoms with E-state index >= 15 is 0 Å². The van der Waals surface area contributed by atoms with Gasteiger partial charge in [0.25, 0.3) is 0 Å². The highest BCUT2D eigenvalue weighted by atomic mass is 32.2. The Morgan fingerprint density at radius 3 is 1.45 bits per heavy atom. The number of benzene rings is 5. The van der Waals surface area contributed by atoms with E-state index in [0.717, 1.165) is 27.8 Å². The summed E-state index contributed by atoms with van der Waals surface area (Å²) in [6.45, 7) is 0. The standard InChI is InChI=1S/C32H20F3N3O3S/c33-32(34,35)42(39,40)41-28-18-17-26-19-25(15-16-27(26)20-28)21-11-13-24(14-12-21)31-37-29(22-7-3-1-4-8-22)36-30(38-31)23-9-5-2-6-10-23/h1-20H. The molecule has 0 atom stereocenters. The topological polar surface area (TPSA) is 82.0 Å². The van der Waals surface area contributed by atoms with E-state index in [2.05, 4.69) is 4.18 Å². The summed E-state index contributed by atoms with van der Waals surface area (Å²) in [4.78, 5) is 14.2. The van der Waals surface area contributed by atoms with Gasteiger partial charge >= 0.3 is 15.6 Å². The molecule has 6 nitrogen and oxygen atoms in total. The molecule has 5 aromatic carbocycles. The fourth-order valence-electron chi connectivity index (χ4n) is 4.38. The number of hydrogen-bond donors (Lipinski definition) is 0. The minimum Gasteiger partial charge on any atom is -0.376 e. The van der Waals surface area contributed by atoms with Gasteiger partial charge in [-0.2, -0.15) is 21.6 Å². The number of hydrogen-bond acceptors (Lipinski definition) is 6. The minimum absolute atomic E-state index is 0.418. The molecule has 6 aromatic rings. The summed E-state index contributed by atoms with van der Waals surface area (Å²) in [6, 6.07) is 36.3. The Balaban J connectivity index is 1.31. The summed E-state index contributed by atoms with van der Waals surface area (Å²) < 4.78 is 65.0. The number of alkyl halides is 3. The van der Waals surface area contributed by atoms with E-state index in [1.807, 2.05) is 91.0 Å². The van der Waals surface area contributed by atoms with Crippen LogP contribution in [0.4, 0.5) is 13.2 Å². The highest BCUT2D eigenvalue weighted by molar-refractivity contribution is 7.88. The lowest BCUT2D eigenvalue weighted by Crippen LogP contribution is -2.28. The zero-order valence-corrected chi connectivity index (χ0v) is 22.5. The quantitative estimate of drug-likeness (QED) is 0.146. The lowest BCUT2D eigenvalue weighted by molar-refractivity contribution is -0.0500. The van der Waals surface area contributed by atoms with Gasteiger partial charge in [0.1, 0.15) is 5.75 Å². The SMILES string of the molecule is O=S(=O)(Oc1ccc2cc(-c3ccc(-c4nc(-c5ccccc5)nc(-c5ccccc5)n4)cc3)ccc2c1)C(F)(F)F. The van der Waals surface area contributed by atoms with Crippen molar-refractivity contribution in [3.8, 4) is 51.0 Å². The van der Waals surface area contributed by atoms with Crippen molar-refractivity contribution in [2.75, 3.05) is 0 Å². The lowest BCUT2D eigenvalue weighted by atomic mass is 10.00. The van der Waals surface area contributed by atoms with E-state index in [-0.39, 0.29) is 0 Å². The van der Waals surface area contributed by atoms with Gasteiger partial charge in [0.15, 0.2) is 17.5 Å². The smallest absolute Gasteiger partial charge is 0.376 e. The van der Waals surface area contributed by atoms with Gasteiger partial charge < -0.3 is 4.18 Å². The van der Waals surface area contributed by atoms with Crippen molar-refractivity contribution >= 4 is 20.9 Å². The zero-order chi connectivity index (χ0) is 29.3. The maximum absolute atomic E-state index is 12.7. The second kappa shape index (κ2) is 10.7. The van der Waals surface area contributed by atoms with Crippen molar-refractivity contribution in [3.63, 3.8) is 0 Å². The summed E-state index contributed by atoms with van der Waals surface area (Å²) in [7, 11) is -5.75. The van der Waals surface area contributed by atoms with Crippen molar-refractivity contribution < 1.29 is 25.8 Å². The van der Waals surface area contributed by atoms with Crippen LogP contribution >= 0.6 is 0 Å². The van der Waals surface area contributed by atoms with E-state index in [0.29, 0.717) is 28.2 Å². The molecule has 1 heterocycles. The molecular weight excluding hydrogens is 563 g/mol. The summed E-state index contributed by atoms with van der Waals surface area (Å²) in [5.74, 6) is 1.22. The number of nitrogens with zero attached hydrogens (tertiary/aromatic N) is 3. The number of halogens is 3. The van der Waals surface area contributed by atoms with E-state index in [4.69, 9.17) is 15.0 Å². The van der Waals surface area contributed by atoms with Crippen LogP contribution in [0.1, 0.15) is 0 Å². The number of aromatic nitrogens is 3. The minimum atomic E-state index is -5.75. The number of fused-ring (bicyclic) bond motifs is 1. The molecule has 0 unspecified atom stereocenters. The Morgan fingerprint density at radius 2 is 0.929 bits per heavy atom. The van der Waals surface area contributed by atoms with Crippen LogP contribution in [0, 0.1) is 0 Å². The highest BCUT2D eigenvalue weighted by Gasteiger charge is 2.48. The maximum atomic E-state index is 12.7. The van der Waals surface area contributed by atoms with E-state index < -0.39 is 21.4 Å². The molecule has 0 aliphatic rings. The molecule has 0 saturated carbocycles. The molecule has 0 aliphatic carbocycles. The van der Waals surface area contributed by atoms with Gasteiger partial charge in [0, 0.05) is 16.7 Å². The largest absolute Gasteiger partial charge is 0.534 e. The van der Waals surface area contributed by atoms with Crippen molar-refractivity contribution in [2.45, 2.75) is 5.51 Å². The molecule has 208 valence electrons. The molecule has 6 rings (SSSR count). The van der Waals surface area contributed by atoms with E-state index in [9.17, 15) is 21.6 Å². The molecule has 42 heavy (non-hydrogen) atoms. The zero-order valence-electron chi connectivity index (χ0n) is 21.7. The average molecular weight is 584 g/mol. The van der Waals surface area contributed by atoms with Gasteiger partial charge in [-0.1, -0.05) is 103 Å². The average Bonchev–Trinajstić information content (AvgIpc) is 3.01. The van der Waals surface area contributed by atoms with Crippen LogP contribution in [0.5, 0.6) is 5.75 Å². The monoisotopic (exact) mass is 583 g/mol. The van der Waals surface area contributed by atoms with E-state index in [1.54, 1.807) is 12.1 Å². The third-order valence-electron chi connectivity index (χ3n) is 6.48. The second-order valence-electron chi connectivity index (χ2n) is 9.32. The predicted molar refractivity (Wildman–Crippen MR) is 155 cm³/mol. The fraction of sp³-hybridized carbons (Fsp3) is 0.0312. The molecule has 0 amide bonds. The maximum Gasteiger partial charge on any atom is 0.534 e. The van der Waals surface area contributed by atoms with Crippen molar-refractivity contribution in [2.24, 2.45) is 0 Å². The van der Waals surface area contributed by atoms with Gasteiger partial charge in [-0.25, -0.2) is 15.0 Å². The van der Waals surface area contributed by atoms with Crippen LogP contribution in [0.3, 0.4) is 0 Å². The Morgan fingerprint density at radius 1 is 0.500 bits per heavy atom. The molecule has 0 N–H and O–H groups in total. The first-order valence-electron chi connectivity index (χ1n) is 12.7. The Labute approximate surface area is 239 Å².